The molecular formula is C17H15N3. The fourth-order valence-electron chi connectivity index (χ4n) is 1.44. The number of hydrogen-bond acceptors (Lipinski definition) is 3. The number of aliphatic imine (C=N–C) groups is 1. The van der Waals surface area contributed by atoms with E-state index in [2.05, 4.69) is 34.1 Å². The monoisotopic (exact) mass is 261 g/mol. The molecule has 0 fully saturated rings. The molecule has 0 aliphatic carbocycles. The third kappa shape index (κ3) is 5.13. The lowest BCUT2D eigenvalue weighted by Gasteiger charge is -2.01. The third-order valence-corrected chi connectivity index (χ3v) is 2.41. The molecule has 0 saturated heterocycles. The Labute approximate surface area is 120 Å². The van der Waals surface area contributed by atoms with E-state index in [1.807, 2.05) is 13.0 Å². The van der Waals surface area contributed by atoms with Crippen molar-refractivity contribution in [3.8, 4) is 30.3 Å². The lowest BCUT2D eigenvalue weighted by Crippen LogP contribution is -1.91. The topological polar surface area (TPSA) is 48.2 Å². The summed E-state index contributed by atoms with van der Waals surface area (Å²) in [6.07, 6.45) is 8.47. The van der Waals surface area contributed by atoms with Crippen LogP contribution in [0.4, 0.5) is 5.69 Å². The van der Waals surface area contributed by atoms with E-state index < -0.39 is 0 Å². The van der Waals surface area contributed by atoms with Crippen molar-refractivity contribution in [1.29, 1.82) is 5.26 Å². The molecule has 0 radical (unpaired) electrons. The van der Waals surface area contributed by atoms with Gasteiger partial charge in [-0.25, -0.2) is 0 Å². The van der Waals surface area contributed by atoms with E-state index in [-0.39, 0.29) is 0 Å². The van der Waals surface area contributed by atoms with E-state index in [1.165, 1.54) is 0 Å². The first-order chi connectivity index (χ1) is 9.69. The number of benzene rings is 1. The van der Waals surface area contributed by atoms with Crippen LogP contribution in [0.25, 0.3) is 0 Å². The molecule has 0 unspecified atom stereocenters. The van der Waals surface area contributed by atoms with Crippen molar-refractivity contribution >= 4 is 11.4 Å². The van der Waals surface area contributed by atoms with Crippen molar-refractivity contribution in [2.45, 2.75) is 6.92 Å². The second-order valence-electron chi connectivity index (χ2n) is 3.92. The highest BCUT2D eigenvalue weighted by Gasteiger charge is 1.96. The fourth-order valence-corrected chi connectivity index (χ4v) is 1.44. The van der Waals surface area contributed by atoms with Gasteiger partial charge in [0.25, 0.3) is 0 Å². The number of nitrogens with one attached hydrogen (secondary N) is 1. The normalized spacial score (nSPS) is 10.3. The highest BCUT2D eigenvalue weighted by Crippen LogP contribution is 2.13. The SMILES string of the molecule is C#C/C=C\C(C)=N/CC#Cc1cc(C#N)cc(NC)c1. The maximum Gasteiger partial charge on any atom is 0.100 e. The Morgan fingerprint density at radius 3 is 2.80 bits per heavy atom. The predicted octanol–water partition coefficient (Wildman–Crippen LogP) is 2.60. The molecule has 0 spiro atoms. The zero-order valence-corrected chi connectivity index (χ0v) is 11.6. The van der Waals surface area contributed by atoms with Crippen LogP contribution in [-0.2, 0) is 0 Å². The molecule has 0 amide bonds. The van der Waals surface area contributed by atoms with Crippen LogP contribution >= 0.6 is 0 Å². The molecule has 1 aromatic carbocycles. The Kier molecular flexibility index (Phi) is 6.19. The Morgan fingerprint density at radius 1 is 1.40 bits per heavy atom. The highest BCUT2D eigenvalue weighted by molar-refractivity contribution is 5.93. The molecule has 0 heterocycles. The van der Waals surface area contributed by atoms with Gasteiger partial charge in [-0.15, -0.1) is 6.42 Å². The van der Waals surface area contributed by atoms with Crippen molar-refractivity contribution in [3.63, 3.8) is 0 Å². The molecule has 0 aliphatic rings. The van der Waals surface area contributed by atoms with E-state index in [1.54, 1.807) is 31.3 Å². The number of allylic oxidation sites excluding steroid dienone is 2. The third-order valence-electron chi connectivity index (χ3n) is 2.41. The standard InChI is InChI=1S/C17H15N3/c1-4-5-7-14(2)20-9-6-8-15-10-16(13-18)12-17(11-15)19-3/h1,5,7,10-12,19H,9H2,2-3H3/b7-5-,20-14-. The lowest BCUT2D eigenvalue weighted by atomic mass is 10.1. The largest absolute Gasteiger partial charge is 0.388 e. The molecule has 98 valence electrons. The summed E-state index contributed by atoms with van der Waals surface area (Å²) in [5, 5.41) is 11.9. The molecule has 1 aromatic rings. The van der Waals surface area contributed by atoms with Crippen LogP contribution in [0, 0.1) is 35.5 Å². The van der Waals surface area contributed by atoms with Crippen LogP contribution in [-0.4, -0.2) is 19.3 Å². The summed E-state index contributed by atoms with van der Waals surface area (Å²) in [5.41, 5.74) is 3.07. The Morgan fingerprint density at radius 2 is 2.15 bits per heavy atom. The summed E-state index contributed by atoms with van der Waals surface area (Å²) in [7, 11) is 1.80. The van der Waals surface area contributed by atoms with Gasteiger partial charge in [0.2, 0.25) is 0 Å². The Hall–Kier alpha value is -2.96. The van der Waals surface area contributed by atoms with Crippen molar-refractivity contribution in [3.05, 3.63) is 41.5 Å². The second kappa shape index (κ2) is 8.20. The number of hydrogen-bond donors (Lipinski definition) is 1. The quantitative estimate of drug-likeness (QED) is 0.671. The molecule has 0 atom stereocenters. The number of terminal acetylenes is 1. The first-order valence-electron chi connectivity index (χ1n) is 6.05. The minimum atomic E-state index is 0.395. The molecule has 0 saturated carbocycles. The van der Waals surface area contributed by atoms with Gasteiger partial charge < -0.3 is 5.32 Å². The summed E-state index contributed by atoms with van der Waals surface area (Å²) >= 11 is 0. The van der Waals surface area contributed by atoms with Gasteiger partial charge in [-0.1, -0.05) is 17.8 Å². The van der Waals surface area contributed by atoms with E-state index in [4.69, 9.17) is 11.7 Å². The van der Waals surface area contributed by atoms with Crippen LogP contribution in [0.1, 0.15) is 18.1 Å². The van der Waals surface area contributed by atoms with E-state index in [0.29, 0.717) is 12.1 Å². The zero-order valence-electron chi connectivity index (χ0n) is 11.6. The summed E-state index contributed by atoms with van der Waals surface area (Å²) in [4.78, 5) is 4.24. The molecule has 0 aromatic heterocycles. The lowest BCUT2D eigenvalue weighted by molar-refractivity contribution is 1.28. The molecule has 3 heteroatoms. The van der Waals surface area contributed by atoms with E-state index in [9.17, 15) is 0 Å². The fraction of sp³-hybridized carbons (Fsp3) is 0.176. The minimum absolute atomic E-state index is 0.395. The maximum atomic E-state index is 8.94. The minimum Gasteiger partial charge on any atom is -0.388 e. The van der Waals surface area contributed by atoms with Gasteiger partial charge in [0, 0.05) is 24.0 Å². The van der Waals surface area contributed by atoms with Gasteiger partial charge in [0.05, 0.1) is 11.6 Å². The van der Waals surface area contributed by atoms with Crippen molar-refractivity contribution in [2.75, 3.05) is 18.9 Å². The average molecular weight is 261 g/mol. The number of nitrogens with zero attached hydrogens (tertiary/aromatic N) is 2. The number of anilines is 1. The zero-order chi connectivity index (χ0) is 14.8. The highest BCUT2D eigenvalue weighted by atomic mass is 14.8. The van der Waals surface area contributed by atoms with Crippen molar-refractivity contribution in [1.82, 2.24) is 0 Å². The van der Waals surface area contributed by atoms with Gasteiger partial charge in [0.1, 0.15) is 6.54 Å². The van der Waals surface area contributed by atoms with E-state index >= 15 is 0 Å². The second-order valence-corrected chi connectivity index (χ2v) is 3.92. The Bertz CT molecular complexity index is 671. The molecule has 1 rings (SSSR count). The van der Waals surface area contributed by atoms with Crippen LogP contribution in [0.15, 0.2) is 35.3 Å². The number of nitriles is 1. The van der Waals surface area contributed by atoms with Crippen LogP contribution in [0.2, 0.25) is 0 Å². The first-order valence-corrected chi connectivity index (χ1v) is 6.05. The van der Waals surface area contributed by atoms with Gasteiger partial charge in [-0.3, -0.25) is 4.99 Å². The summed E-state index contributed by atoms with van der Waals surface area (Å²) in [6.45, 7) is 2.26. The molecular weight excluding hydrogens is 246 g/mol. The van der Waals surface area contributed by atoms with E-state index in [0.717, 1.165) is 17.0 Å². The summed E-state index contributed by atoms with van der Waals surface area (Å²) < 4.78 is 0. The van der Waals surface area contributed by atoms with Crippen LogP contribution in [0.5, 0.6) is 0 Å². The van der Waals surface area contributed by atoms with Crippen LogP contribution in [0.3, 0.4) is 0 Å². The molecule has 0 aliphatic heterocycles. The van der Waals surface area contributed by atoms with Gasteiger partial charge >= 0.3 is 0 Å². The van der Waals surface area contributed by atoms with Crippen molar-refractivity contribution < 1.29 is 0 Å². The summed E-state index contributed by atoms with van der Waals surface area (Å²) in [6, 6.07) is 7.53. The van der Waals surface area contributed by atoms with Gasteiger partial charge in [0.15, 0.2) is 0 Å². The number of rotatable bonds is 3. The average Bonchev–Trinajstić information content (AvgIpc) is 2.49. The van der Waals surface area contributed by atoms with Gasteiger partial charge in [-0.2, -0.15) is 5.26 Å². The van der Waals surface area contributed by atoms with Gasteiger partial charge in [-0.05, 0) is 37.3 Å². The Balaban J connectivity index is 2.81. The maximum absolute atomic E-state index is 8.94. The molecule has 20 heavy (non-hydrogen) atoms. The summed E-state index contributed by atoms with van der Waals surface area (Å²) in [5.74, 6) is 8.35. The predicted molar refractivity (Wildman–Crippen MR) is 83.5 cm³/mol. The molecule has 3 nitrogen and oxygen atoms in total. The van der Waals surface area contributed by atoms with Crippen molar-refractivity contribution in [2.24, 2.45) is 4.99 Å². The molecule has 1 N–H and O–H groups in total. The smallest absolute Gasteiger partial charge is 0.100 e. The first kappa shape index (κ1) is 15.1. The van der Waals surface area contributed by atoms with Crippen LogP contribution < -0.4 is 5.32 Å². The molecule has 0 bridgehead atoms.